The second-order valence-corrected chi connectivity index (χ2v) is 13.7. The zero-order valence-corrected chi connectivity index (χ0v) is 28.2. The highest BCUT2D eigenvalue weighted by Crippen LogP contribution is 2.44. The molecule has 0 radical (unpaired) electrons. The van der Waals surface area contributed by atoms with Crippen LogP contribution in [0.25, 0.3) is 0 Å². The number of anilines is 2. The lowest BCUT2D eigenvalue weighted by Gasteiger charge is -2.40. The molecule has 1 aliphatic rings. The van der Waals surface area contributed by atoms with Crippen LogP contribution < -0.4 is 15.0 Å². The van der Waals surface area contributed by atoms with E-state index in [0.29, 0.717) is 17.1 Å². The second kappa shape index (κ2) is 16.1. The van der Waals surface area contributed by atoms with E-state index in [0.717, 1.165) is 78.9 Å². The highest BCUT2D eigenvalue weighted by Gasteiger charge is 2.36. The van der Waals surface area contributed by atoms with Crippen LogP contribution in [-0.2, 0) is 25.1 Å². The maximum Gasteiger partial charge on any atom is 0.333 e. The quantitative estimate of drug-likeness (QED) is 0.194. The van der Waals surface area contributed by atoms with Gasteiger partial charge in [0.05, 0.1) is 28.5 Å². The van der Waals surface area contributed by atoms with E-state index in [1.165, 1.54) is 7.11 Å². The van der Waals surface area contributed by atoms with Crippen LogP contribution in [0.15, 0.2) is 71.6 Å². The summed E-state index contributed by atoms with van der Waals surface area (Å²) in [7, 11) is 0.0230. The summed E-state index contributed by atoms with van der Waals surface area (Å²) in [5.74, 6) is 0.101. The van der Waals surface area contributed by atoms with Crippen molar-refractivity contribution in [1.82, 2.24) is 5.32 Å². The van der Waals surface area contributed by atoms with Crippen molar-refractivity contribution in [3.8, 4) is 5.75 Å². The Kier molecular flexibility index (Phi) is 12.2. The summed E-state index contributed by atoms with van der Waals surface area (Å²) in [6, 6.07) is 20.6. The van der Waals surface area contributed by atoms with Crippen LogP contribution in [0.2, 0.25) is 0 Å². The molecule has 2 atom stereocenters. The molecule has 0 aromatic heterocycles. The summed E-state index contributed by atoms with van der Waals surface area (Å²) in [6.45, 7) is 8.86. The molecule has 4 rings (SSSR count). The van der Waals surface area contributed by atoms with Gasteiger partial charge in [-0.3, -0.25) is 9.00 Å². The van der Waals surface area contributed by atoms with Crippen LogP contribution >= 0.6 is 0 Å². The molecule has 2 unspecified atom stereocenters. The van der Waals surface area contributed by atoms with Crippen molar-refractivity contribution in [2.75, 3.05) is 30.9 Å². The van der Waals surface area contributed by atoms with Gasteiger partial charge in [-0.2, -0.15) is 0 Å². The summed E-state index contributed by atoms with van der Waals surface area (Å²) in [6.07, 6.45) is 7.55. The zero-order valence-electron chi connectivity index (χ0n) is 27.4. The molecule has 1 heterocycles. The lowest BCUT2D eigenvalue weighted by Crippen LogP contribution is -2.37. The number of carbonyl (C=O) groups is 2. The average Bonchev–Trinajstić information content (AvgIpc) is 3.04. The lowest BCUT2D eigenvalue weighted by molar-refractivity contribution is -0.145. The number of fused-ring (bicyclic) bond motifs is 1. The first-order valence-electron chi connectivity index (χ1n) is 16.1. The van der Waals surface area contributed by atoms with Gasteiger partial charge in [0.15, 0.2) is 12.6 Å². The fraction of sp³-hybridized carbons (Fsp3) is 0.459. The summed E-state index contributed by atoms with van der Waals surface area (Å²) < 4.78 is 25.3. The third-order valence-electron chi connectivity index (χ3n) is 8.80. The first-order valence-corrected chi connectivity index (χ1v) is 17.4. The van der Waals surface area contributed by atoms with Crippen molar-refractivity contribution in [2.45, 2.75) is 83.6 Å². The summed E-state index contributed by atoms with van der Waals surface area (Å²) in [5.41, 5.74) is 4.48. The van der Waals surface area contributed by atoms with Crippen molar-refractivity contribution in [2.24, 2.45) is 5.41 Å². The fourth-order valence-corrected chi connectivity index (χ4v) is 7.89. The lowest BCUT2D eigenvalue weighted by atomic mass is 9.77. The number of para-hydroxylation sites is 1. The minimum atomic E-state index is -1.27. The van der Waals surface area contributed by atoms with Gasteiger partial charge in [-0.15, -0.1) is 0 Å². The Morgan fingerprint density at radius 2 is 1.64 bits per heavy atom. The minimum Gasteiger partial charge on any atom is -0.483 e. The number of hydrogen-bond donors (Lipinski definition) is 1. The number of carbonyl (C=O) groups excluding carboxylic acids is 2. The van der Waals surface area contributed by atoms with Crippen molar-refractivity contribution >= 4 is 34.1 Å². The number of hydrogen-bond acceptors (Lipinski definition) is 6. The number of aryl methyl sites for hydroxylation is 2. The highest BCUT2D eigenvalue weighted by atomic mass is 32.2. The topological polar surface area (TPSA) is 84.9 Å². The fourth-order valence-electron chi connectivity index (χ4n) is 6.10. The molecule has 242 valence electrons. The second-order valence-electron chi connectivity index (χ2n) is 12.2. The monoisotopic (exact) mass is 632 g/mol. The predicted molar refractivity (Wildman–Crippen MR) is 182 cm³/mol. The number of rotatable bonds is 13. The van der Waals surface area contributed by atoms with Gasteiger partial charge in [0.1, 0.15) is 5.75 Å². The van der Waals surface area contributed by atoms with Gasteiger partial charge in [0.25, 0.3) is 5.91 Å². The van der Waals surface area contributed by atoms with Crippen LogP contribution in [0.5, 0.6) is 5.75 Å². The van der Waals surface area contributed by atoms with Crippen LogP contribution in [0, 0.1) is 19.3 Å². The largest absolute Gasteiger partial charge is 0.483 e. The summed E-state index contributed by atoms with van der Waals surface area (Å²) in [4.78, 5) is 28.6. The maximum absolute atomic E-state index is 14.3. The predicted octanol–water partition coefficient (Wildman–Crippen LogP) is 7.73. The zero-order chi connectivity index (χ0) is 32.4. The molecule has 0 spiro atoms. The molecule has 1 amide bonds. The van der Waals surface area contributed by atoms with Gasteiger partial charge in [0, 0.05) is 18.0 Å². The molecule has 45 heavy (non-hydrogen) atoms. The van der Waals surface area contributed by atoms with E-state index in [1.807, 2.05) is 56.3 Å². The Hall–Kier alpha value is -3.65. The summed E-state index contributed by atoms with van der Waals surface area (Å²) in [5, 5.41) is 2.75. The van der Waals surface area contributed by atoms with Gasteiger partial charge < -0.3 is 19.7 Å². The van der Waals surface area contributed by atoms with Crippen molar-refractivity contribution in [1.29, 1.82) is 0 Å². The van der Waals surface area contributed by atoms with E-state index in [2.05, 4.69) is 36.2 Å². The Labute approximate surface area is 271 Å². The maximum atomic E-state index is 14.3. The molecule has 3 aromatic rings. The molecule has 0 bridgehead atoms. The smallest absolute Gasteiger partial charge is 0.333 e. The van der Waals surface area contributed by atoms with E-state index >= 15 is 0 Å². The number of unbranched alkanes of at least 4 members (excludes halogenated alkanes) is 2. The molecule has 0 aliphatic carbocycles. The first kappa shape index (κ1) is 34.2. The van der Waals surface area contributed by atoms with Crippen molar-refractivity contribution < 1.29 is 23.3 Å². The molecular weight excluding hydrogens is 584 g/mol. The third kappa shape index (κ3) is 8.75. The minimum absolute atomic E-state index is 0.00767. The van der Waals surface area contributed by atoms with Crippen LogP contribution in [-0.4, -0.2) is 42.1 Å². The van der Waals surface area contributed by atoms with E-state index in [9.17, 15) is 13.8 Å². The molecular formula is C37H48N2O5S. The third-order valence-corrected chi connectivity index (χ3v) is 10.5. The molecule has 3 aromatic carbocycles. The van der Waals surface area contributed by atoms with Crippen LogP contribution in [0.1, 0.15) is 81.5 Å². The normalized spacial score (nSPS) is 16.6. The number of amides is 1. The number of nitrogens with zero attached hydrogens (tertiary/aromatic N) is 1. The van der Waals surface area contributed by atoms with Gasteiger partial charge in [-0.1, -0.05) is 87.6 Å². The van der Waals surface area contributed by atoms with Crippen molar-refractivity contribution in [3.05, 3.63) is 83.4 Å². The van der Waals surface area contributed by atoms with E-state index < -0.39 is 28.7 Å². The molecule has 0 fully saturated rings. The van der Waals surface area contributed by atoms with Crippen LogP contribution in [0.3, 0.4) is 0 Å². The number of methoxy groups -OCH3 is 1. The molecule has 0 saturated carbocycles. The number of benzene rings is 3. The van der Waals surface area contributed by atoms with Gasteiger partial charge in [0.2, 0.25) is 0 Å². The van der Waals surface area contributed by atoms with E-state index in [-0.39, 0.29) is 12.0 Å². The molecule has 8 heteroatoms. The van der Waals surface area contributed by atoms with Crippen LogP contribution in [0.4, 0.5) is 11.4 Å². The van der Waals surface area contributed by atoms with Gasteiger partial charge in [-0.05, 0) is 73.9 Å². The number of nitrogens with one attached hydrogen (secondary N) is 1. The Bertz CT molecular complexity index is 1450. The Morgan fingerprint density at radius 3 is 2.27 bits per heavy atom. The Morgan fingerprint density at radius 1 is 0.978 bits per heavy atom. The standard InChI is InChI=1S/C37H48N2O5S/c1-6-8-19-37(20-9-7-2)21-22-39(30-13-11-10-12-14-30)31-23-28(4)32(24-33(31)45(42)26-37)44-25-34(40)38-35(36(41)43-5)29-17-15-27(3)16-18-29/h10-18,23-24,35H,6-9,19-22,25-26H2,1-5H3,(H,38,40). The van der Waals surface area contributed by atoms with Crippen molar-refractivity contribution in [3.63, 3.8) is 0 Å². The molecule has 7 nitrogen and oxygen atoms in total. The van der Waals surface area contributed by atoms with E-state index in [1.54, 1.807) is 12.1 Å². The first-order chi connectivity index (χ1) is 21.7. The van der Waals surface area contributed by atoms with Gasteiger partial charge >= 0.3 is 5.97 Å². The Balaban J connectivity index is 1.63. The SMILES string of the molecule is CCCCC1(CCCC)CCN(c2ccccc2)c2cc(C)c(OCC(=O)NC(C(=O)OC)c3ccc(C)cc3)cc2S(=O)C1. The van der Waals surface area contributed by atoms with Gasteiger partial charge in [-0.25, -0.2) is 4.79 Å². The highest BCUT2D eigenvalue weighted by molar-refractivity contribution is 7.85. The average molecular weight is 633 g/mol. The summed E-state index contributed by atoms with van der Waals surface area (Å²) >= 11 is 0. The number of esters is 1. The number of ether oxygens (including phenoxy) is 2. The molecule has 1 N–H and O–H groups in total. The molecule has 1 aliphatic heterocycles. The van der Waals surface area contributed by atoms with E-state index in [4.69, 9.17) is 9.47 Å². The molecule has 0 saturated heterocycles.